The molecular weight excluding hydrogens is 224 g/mol. The number of hydrogen-bond acceptors (Lipinski definition) is 4. The highest BCUT2D eigenvalue weighted by molar-refractivity contribution is 5.43. The van der Waals surface area contributed by atoms with Gasteiger partial charge < -0.3 is 16.0 Å². The molecule has 2 bridgehead atoms. The number of fused-ring (bicyclic) bond motifs is 2. The summed E-state index contributed by atoms with van der Waals surface area (Å²) in [6.45, 7) is 1.04. The zero-order valence-corrected chi connectivity index (χ0v) is 11.0. The fraction of sp³-hybridized carbons (Fsp3) is 0.643. The van der Waals surface area contributed by atoms with E-state index in [1.165, 1.54) is 25.7 Å². The third-order valence-corrected chi connectivity index (χ3v) is 4.55. The monoisotopic (exact) mass is 246 g/mol. The summed E-state index contributed by atoms with van der Waals surface area (Å²) in [5.74, 6) is 1.73. The number of anilines is 2. The van der Waals surface area contributed by atoms with Gasteiger partial charge in [-0.05, 0) is 50.8 Å². The molecule has 2 unspecified atom stereocenters. The van der Waals surface area contributed by atoms with E-state index in [1.807, 2.05) is 12.1 Å². The number of nitrogens with zero attached hydrogens (tertiary/aromatic N) is 2. The number of rotatable bonds is 3. The standard InChI is InChI=1S/C14H22N4/c1-18-12-3-4-13(18)7-10(6-12)8-16-14-5-2-11(15)9-17-14/h2,5,9-10,12-13H,3-4,6-8,15H2,1H3,(H,16,17). The molecule has 0 aliphatic carbocycles. The van der Waals surface area contributed by atoms with E-state index in [9.17, 15) is 0 Å². The molecule has 3 heterocycles. The van der Waals surface area contributed by atoms with Crippen molar-refractivity contribution >= 4 is 11.5 Å². The van der Waals surface area contributed by atoms with Crippen LogP contribution in [-0.4, -0.2) is 35.6 Å². The number of pyridine rings is 1. The SMILES string of the molecule is CN1C2CCC1CC(CNc1ccc(N)cn1)C2. The highest BCUT2D eigenvalue weighted by Gasteiger charge is 2.38. The molecule has 3 rings (SSSR count). The van der Waals surface area contributed by atoms with Crippen molar-refractivity contribution in [1.82, 2.24) is 9.88 Å². The van der Waals surface area contributed by atoms with Gasteiger partial charge in [-0.15, -0.1) is 0 Å². The van der Waals surface area contributed by atoms with Crippen LogP contribution in [0.25, 0.3) is 0 Å². The van der Waals surface area contributed by atoms with Gasteiger partial charge in [-0.2, -0.15) is 0 Å². The van der Waals surface area contributed by atoms with Gasteiger partial charge in [0.25, 0.3) is 0 Å². The Labute approximate surface area is 109 Å². The van der Waals surface area contributed by atoms with Crippen LogP contribution in [0.3, 0.4) is 0 Å². The van der Waals surface area contributed by atoms with E-state index in [1.54, 1.807) is 6.20 Å². The number of hydrogen-bond donors (Lipinski definition) is 2. The Morgan fingerprint density at radius 2 is 2.06 bits per heavy atom. The van der Waals surface area contributed by atoms with Crippen LogP contribution in [-0.2, 0) is 0 Å². The molecule has 18 heavy (non-hydrogen) atoms. The van der Waals surface area contributed by atoms with Crippen LogP contribution in [0.2, 0.25) is 0 Å². The first kappa shape index (κ1) is 11.8. The van der Waals surface area contributed by atoms with E-state index in [4.69, 9.17) is 5.73 Å². The lowest BCUT2D eigenvalue weighted by molar-refractivity contribution is 0.139. The largest absolute Gasteiger partial charge is 0.397 e. The molecule has 2 aliphatic rings. The topological polar surface area (TPSA) is 54.2 Å². The summed E-state index contributed by atoms with van der Waals surface area (Å²) in [7, 11) is 2.29. The molecule has 3 N–H and O–H groups in total. The van der Waals surface area contributed by atoms with Crippen molar-refractivity contribution in [2.24, 2.45) is 5.92 Å². The van der Waals surface area contributed by atoms with Gasteiger partial charge in [0.05, 0.1) is 11.9 Å². The number of piperidine rings is 1. The van der Waals surface area contributed by atoms with Crippen molar-refractivity contribution in [3.8, 4) is 0 Å². The van der Waals surface area contributed by atoms with Crippen molar-refractivity contribution in [3.05, 3.63) is 18.3 Å². The first-order valence-corrected chi connectivity index (χ1v) is 6.89. The van der Waals surface area contributed by atoms with E-state index in [-0.39, 0.29) is 0 Å². The van der Waals surface area contributed by atoms with Crippen molar-refractivity contribution in [3.63, 3.8) is 0 Å². The average Bonchev–Trinajstić information content (AvgIpc) is 2.62. The maximum Gasteiger partial charge on any atom is 0.126 e. The Balaban J connectivity index is 1.54. The molecule has 2 atom stereocenters. The van der Waals surface area contributed by atoms with Crippen molar-refractivity contribution in [1.29, 1.82) is 0 Å². The molecule has 1 aromatic heterocycles. The summed E-state index contributed by atoms with van der Waals surface area (Å²) >= 11 is 0. The summed E-state index contributed by atoms with van der Waals surface area (Å²) in [6.07, 6.45) is 7.14. The van der Waals surface area contributed by atoms with Gasteiger partial charge in [-0.25, -0.2) is 4.98 Å². The molecule has 0 amide bonds. The lowest BCUT2D eigenvalue weighted by Gasteiger charge is -2.36. The lowest BCUT2D eigenvalue weighted by atomic mass is 9.91. The molecular formula is C14H22N4. The third kappa shape index (κ3) is 2.29. The van der Waals surface area contributed by atoms with Gasteiger partial charge in [-0.1, -0.05) is 0 Å². The highest BCUT2D eigenvalue weighted by atomic mass is 15.2. The van der Waals surface area contributed by atoms with Crippen molar-refractivity contribution < 1.29 is 0 Å². The first-order valence-electron chi connectivity index (χ1n) is 6.89. The number of nitrogens with one attached hydrogen (secondary N) is 1. The van der Waals surface area contributed by atoms with Gasteiger partial charge in [0.1, 0.15) is 5.82 Å². The minimum absolute atomic E-state index is 0.720. The molecule has 0 radical (unpaired) electrons. The van der Waals surface area contributed by atoms with Gasteiger partial charge in [0, 0.05) is 18.6 Å². The summed E-state index contributed by atoms with van der Waals surface area (Å²) < 4.78 is 0. The number of aromatic nitrogens is 1. The van der Waals surface area contributed by atoms with Crippen LogP contribution < -0.4 is 11.1 Å². The normalized spacial score (nSPS) is 31.5. The molecule has 0 aromatic carbocycles. The Hall–Kier alpha value is -1.29. The van der Waals surface area contributed by atoms with E-state index in [0.29, 0.717) is 0 Å². The predicted octanol–water partition coefficient (Wildman–Crippen LogP) is 1.95. The smallest absolute Gasteiger partial charge is 0.126 e. The van der Waals surface area contributed by atoms with Crippen LogP contribution in [0.5, 0.6) is 0 Å². The Kier molecular flexibility index (Phi) is 3.12. The summed E-state index contributed by atoms with van der Waals surface area (Å²) in [4.78, 5) is 6.87. The second-order valence-electron chi connectivity index (χ2n) is 5.75. The molecule has 0 spiro atoms. The molecule has 98 valence electrons. The summed E-state index contributed by atoms with van der Waals surface area (Å²) in [5, 5.41) is 3.44. The van der Waals surface area contributed by atoms with E-state index < -0.39 is 0 Å². The second-order valence-corrected chi connectivity index (χ2v) is 5.75. The highest BCUT2D eigenvalue weighted by Crippen LogP contribution is 2.37. The second kappa shape index (κ2) is 4.76. The van der Waals surface area contributed by atoms with Crippen LogP contribution in [0.4, 0.5) is 11.5 Å². The number of nitrogen functional groups attached to an aromatic ring is 1. The van der Waals surface area contributed by atoms with E-state index >= 15 is 0 Å². The summed E-state index contributed by atoms with van der Waals surface area (Å²) in [6, 6.07) is 5.48. The minimum Gasteiger partial charge on any atom is -0.397 e. The van der Waals surface area contributed by atoms with Crippen LogP contribution in [0.15, 0.2) is 18.3 Å². The molecule has 2 fully saturated rings. The van der Waals surface area contributed by atoms with Gasteiger partial charge in [0.2, 0.25) is 0 Å². The molecule has 0 saturated carbocycles. The summed E-state index contributed by atoms with van der Waals surface area (Å²) in [5.41, 5.74) is 6.35. The molecule has 2 saturated heterocycles. The van der Waals surface area contributed by atoms with E-state index in [2.05, 4.69) is 22.2 Å². The van der Waals surface area contributed by atoms with Crippen molar-refractivity contribution in [2.45, 2.75) is 37.8 Å². The van der Waals surface area contributed by atoms with Crippen LogP contribution >= 0.6 is 0 Å². The predicted molar refractivity (Wildman–Crippen MR) is 74.4 cm³/mol. The third-order valence-electron chi connectivity index (χ3n) is 4.55. The Morgan fingerprint density at radius 3 is 2.67 bits per heavy atom. The zero-order valence-electron chi connectivity index (χ0n) is 11.0. The maximum absolute atomic E-state index is 5.63. The van der Waals surface area contributed by atoms with Gasteiger partial charge >= 0.3 is 0 Å². The molecule has 4 nitrogen and oxygen atoms in total. The fourth-order valence-corrected chi connectivity index (χ4v) is 3.45. The van der Waals surface area contributed by atoms with E-state index in [0.717, 1.165) is 36.1 Å². The fourth-order valence-electron chi connectivity index (χ4n) is 3.45. The molecule has 1 aromatic rings. The number of nitrogens with two attached hydrogens (primary N) is 1. The average molecular weight is 246 g/mol. The first-order chi connectivity index (χ1) is 8.72. The van der Waals surface area contributed by atoms with Gasteiger partial charge in [-0.3, -0.25) is 0 Å². The Bertz CT molecular complexity index is 389. The zero-order chi connectivity index (χ0) is 12.5. The van der Waals surface area contributed by atoms with Gasteiger partial charge in [0.15, 0.2) is 0 Å². The van der Waals surface area contributed by atoms with Crippen LogP contribution in [0, 0.1) is 5.92 Å². The lowest BCUT2D eigenvalue weighted by Crippen LogP contribution is -2.41. The molecule has 2 aliphatic heterocycles. The quantitative estimate of drug-likeness (QED) is 0.856. The molecule has 4 heteroatoms. The van der Waals surface area contributed by atoms with Crippen LogP contribution in [0.1, 0.15) is 25.7 Å². The van der Waals surface area contributed by atoms with Crippen molar-refractivity contribution in [2.75, 3.05) is 24.6 Å². The minimum atomic E-state index is 0.720. The Morgan fingerprint density at radius 1 is 1.33 bits per heavy atom. The maximum atomic E-state index is 5.63.